The van der Waals surface area contributed by atoms with E-state index in [1.54, 1.807) is 54.6 Å². The molecule has 1 saturated carbocycles. The molecule has 53 heavy (non-hydrogen) atoms. The van der Waals surface area contributed by atoms with Crippen molar-refractivity contribution in [1.29, 1.82) is 0 Å². The summed E-state index contributed by atoms with van der Waals surface area (Å²) in [6.07, 6.45) is 3.93. The Morgan fingerprint density at radius 3 is 2.08 bits per heavy atom. The quantitative estimate of drug-likeness (QED) is 0.122. The van der Waals surface area contributed by atoms with Crippen molar-refractivity contribution < 1.29 is 22.7 Å². The number of halogens is 2. The molecule has 5 aromatic rings. The predicted octanol–water partition coefficient (Wildman–Crippen LogP) is 8.99. The number of anilines is 1. The molecule has 0 aromatic heterocycles. The summed E-state index contributed by atoms with van der Waals surface area (Å²) >= 11 is 12.9. The van der Waals surface area contributed by atoms with E-state index in [9.17, 15) is 18.0 Å². The first kappa shape index (κ1) is 37.9. The minimum absolute atomic E-state index is 0.00752. The highest BCUT2D eigenvalue weighted by atomic mass is 35.5. The molecule has 2 amide bonds. The molecule has 0 heterocycles. The Morgan fingerprint density at radius 2 is 1.43 bits per heavy atom. The number of carbonyl (C=O) groups is 2. The summed E-state index contributed by atoms with van der Waals surface area (Å²) in [5, 5.41) is 3.93. The van der Waals surface area contributed by atoms with Crippen LogP contribution in [0.15, 0.2) is 132 Å². The third kappa shape index (κ3) is 9.79. The van der Waals surface area contributed by atoms with E-state index in [1.807, 2.05) is 67.6 Å². The second kappa shape index (κ2) is 17.3. The number of rotatable bonds is 14. The number of nitrogens with zero attached hydrogens (tertiary/aromatic N) is 2. The van der Waals surface area contributed by atoms with Crippen LogP contribution < -0.4 is 14.4 Å². The third-order valence-corrected chi connectivity index (χ3v) is 11.7. The van der Waals surface area contributed by atoms with E-state index in [4.69, 9.17) is 27.9 Å². The number of ether oxygens (including phenoxy) is 1. The molecule has 1 aliphatic rings. The van der Waals surface area contributed by atoms with E-state index < -0.39 is 28.5 Å². The van der Waals surface area contributed by atoms with Crippen LogP contribution >= 0.6 is 23.2 Å². The molecule has 6 rings (SSSR count). The smallest absolute Gasteiger partial charge is 0.264 e. The van der Waals surface area contributed by atoms with Crippen molar-refractivity contribution in [2.75, 3.05) is 10.8 Å². The Bertz CT molecular complexity index is 2110. The van der Waals surface area contributed by atoms with Gasteiger partial charge in [-0.15, -0.1) is 0 Å². The lowest BCUT2D eigenvalue weighted by Crippen LogP contribution is -2.54. The van der Waals surface area contributed by atoms with Crippen LogP contribution in [-0.2, 0) is 32.6 Å². The molecule has 1 N–H and O–H groups in total. The molecular formula is C42H41Cl2N3O5S. The zero-order valence-electron chi connectivity index (χ0n) is 29.3. The van der Waals surface area contributed by atoms with E-state index in [0.717, 1.165) is 41.1 Å². The molecule has 1 fully saturated rings. The molecular weight excluding hydrogens is 729 g/mol. The fraction of sp³-hybridized carbons (Fsp3) is 0.238. The van der Waals surface area contributed by atoms with Crippen molar-refractivity contribution >= 4 is 50.7 Å². The van der Waals surface area contributed by atoms with Gasteiger partial charge in [-0.2, -0.15) is 0 Å². The summed E-state index contributed by atoms with van der Waals surface area (Å²) in [5.74, 6) is 0.217. The summed E-state index contributed by atoms with van der Waals surface area (Å²) in [6, 6.07) is 35.6. The minimum atomic E-state index is -4.28. The molecule has 0 unspecified atom stereocenters. The Labute approximate surface area is 321 Å². The fourth-order valence-electron chi connectivity index (χ4n) is 6.43. The van der Waals surface area contributed by atoms with Gasteiger partial charge >= 0.3 is 0 Å². The largest absolute Gasteiger partial charge is 0.457 e. The molecule has 5 aromatic carbocycles. The van der Waals surface area contributed by atoms with Crippen LogP contribution in [0.3, 0.4) is 0 Å². The molecule has 1 atom stereocenters. The number of hydrogen-bond donors (Lipinski definition) is 1. The average Bonchev–Trinajstić information content (AvgIpc) is 3.67. The third-order valence-electron chi connectivity index (χ3n) is 9.32. The van der Waals surface area contributed by atoms with Crippen molar-refractivity contribution in [3.8, 4) is 11.5 Å². The standard InChI is InChI=1S/C42H41Cl2N3O5S/c1-30-16-24-38(25-17-30)53(50,51)47(35-20-22-37(23-21-35)52-36-14-6-3-7-15-36)29-41(48)46(28-32-18-19-33(43)27-39(32)44)40(26-31-10-4-2-5-11-31)42(49)45-34-12-8-9-13-34/h2-7,10-11,14-25,27,34,40H,8-9,12-13,26,28-29H2,1H3,(H,45,49)/t40-/m1/s1. The van der Waals surface area contributed by atoms with Crippen LogP contribution in [0.5, 0.6) is 11.5 Å². The number of benzene rings is 5. The number of carbonyl (C=O) groups excluding carboxylic acids is 2. The molecule has 11 heteroatoms. The Morgan fingerprint density at radius 1 is 0.811 bits per heavy atom. The molecule has 0 saturated heterocycles. The maximum Gasteiger partial charge on any atom is 0.264 e. The van der Waals surface area contributed by atoms with E-state index in [-0.39, 0.29) is 35.5 Å². The van der Waals surface area contributed by atoms with Gasteiger partial charge in [0.25, 0.3) is 10.0 Å². The maximum absolute atomic E-state index is 14.9. The van der Waals surface area contributed by atoms with Crippen LogP contribution in [-0.4, -0.2) is 43.8 Å². The zero-order valence-corrected chi connectivity index (χ0v) is 31.7. The van der Waals surface area contributed by atoms with Crippen molar-refractivity contribution in [2.24, 2.45) is 0 Å². The highest BCUT2D eigenvalue weighted by Crippen LogP contribution is 2.30. The molecule has 0 radical (unpaired) electrons. The first-order valence-corrected chi connectivity index (χ1v) is 19.8. The Kier molecular flexibility index (Phi) is 12.4. The van der Waals surface area contributed by atoms with E-state index in [2.05, 4.69) is 5.32 Å². The Hall–Kier alpha value is -4.83. The summed E-state index contributed by atoms with van der Waals surface area (Å²) in [5.41, 5.74) is 2.54. The number of amides is 2. The van der Waals surface area contributed by atoms with Gasteiger partial charge in [-0.25, -0.2) is 8.42 Å². The Balaban J connectivity index is 1.40. The second-order valence-electron chi connectivity index (χ2n) is 13.2. The summed E-state index contributed by atoms with van der Waals surface area (Å²) in [6.45, 7) is 1.21. The average molecular weight is 771 g/mol. The van der Waals surface area contributed by atoms with Gasteiger partial charge in [0.15, 0.2) is 0 Å². The van der Waals surface area contributed by atoms with Crippen LogP contribution in [0.4, 0.5) is 5.69 Å². The number of nitrogens with one attached hydrogen (secondary N) is 1. The van der Waals surface area contributed by atoms with Crippen LogP contribution in [0.1, 0.15) is 42.4 Å². The fourth-order valence-corrected chi connectivity index (χ4v) is 8.31. The van der Waals surface area contributed by atoms with E-state index in [1.165, 1.54) is 17.0 Å². The van der Waals surface area contributed by atoms with E-state index >= 15 is 0 Å². The van der Waals surface area contributed by atoms with Crippen molar-refractivity contribution in [1.82, 2.24) is 10.2 Å². The first-order valence-electron chi connectivity index (χ1n) is 17.6. The van der Waals surface area contributed by atoms with Gasteiger partial charge in [-0.3, -0.25) is 13.9 Å². The lowest BCUT2D eigenvalue weighted by molar-refractivity contribution is -0.140. The van der Waals surface area contributed by atoms with Gasteiger partial charge in [0.2, 0.25) is 11.8 Å². The number of hydrogen-bond acceptors (Lipinski definition) is 5. The molecule has 8 nitrogen and oxygen atoms in total. The van der Waals surface area contributed by atoms with Gasteiger partial charge in [0.05, 0.1) is 10.6 Å². The van der Waals surface area contributed by atoms with Crippen molar-refractivity contribution in [3.63, 3.8) is 0 Å². The van der Waals surface area contributed by atoms with Crippen molar-refractivity contribution in [2.45, 2.75) is 62.6 Å². The monoisotopic (exact) mass is 769 g/mol. The number of aryl methyl sites for hydroxylation is 1. The highest BCUT2D eigenvalue weighted by molar-refractivity contribution is 7.92. The summed E-state index contributed by atoms with van der Waals surface area (Å²) in [4.78, 5) is 30.6. The molecule has 0 bridgehead atoms. The first-order chi connectivity index (χ1) is 25.6. The summed E-state index contributed by atoms with van der Waals surface area (Å²) < 4.78 is 36.0. The highest BCUT2D eigenvalue weighted by Gasteiger charge is 2.36. The normalized spacial score (nSPS) is 13.6. The minimum Gasteiger partial charge on any atom is -0.457 e. The SMILES string of the molecule is Cc1ccc(S(=O)(=O)N(CC(=O)N(Cc2ccc(Cl)cc2Cl)[C@H](Cc2ccccc2)C(=O)NC2CCCC2)c2ccc(Oc3ccccc3)cc2)cc1. The molecule has 274 valence electrons. The molecule has 0 aliphatic heterocycles. The number of para-hydroxylation sites is 1. The molecule has 1 aliphatic carbocycles. The van der Waals surface area contributed by atoms with Gasteiger partial charge in [-0.1, -0.05) is 108 Å². The van der Waals surface area contributed by atoms with E-state index in [0.29, 0.717) is 27.1 Å². The van der Waals surface area contributed by atoms with Gasteiger partial charge < -0.3 is 15.0 Å². The van der Waals surface area contributed by atoms with Gasteiger partial charge in [0.1, 0.15) is 24.1 Å². The van der Waals surface area contributed by atoms with Crippen LogP contribution in [0.2, 0.25) is 10.0 Å². The van der Waals surface area contributed by atoms with Gasteiger partial charge in [0, 0.05) is 29.1 Å². The predicted molar refractivity (Wildman–Crippen MR) is 210 cm³/mol. The topological polar surface area (TPSA) is 96.0 Å². The zero-order chi connectivity index (χ0) is 37.4. The maximum atomic E-state index is 14.9. The number of sulfonamides is 1. The lowest BCUT2D eigenvalue weighted by atomic mass is 10.0. The van der Waals surface area contributed by atoms with Gasteiger partial charge in [-0.05, 0) is 91.6 Å². The summed E-state index contributed by atoms with van der Waals surface area (Å²) in [7, 11) is -4.28. The van der Waals surface area contributed by atoms with Crippen LogP contribution in [0, 0.1) is 6.92 Å². The van der Waals surface area contributed by atoms with Crippen molar-refractivity contribution in [3.05, 3.63) is 154 Å². The second-order valence-corrected chi connectivity index (χ2v) is 15.9. The van der Waals surface area contributed by atoms with Crippen LogP contribution in [0.25, 0.3) is 0 Å². The lowest BCUT2D eigenvalue weighted by Gasteiger charge is -2.34. The molecule has 0 spiro atoms.